The maximum Gasteiger partial charge on any atom is 0.484 e. The van der Waals surface area contributed by atoms with Gasteiger partial charge in [-0.25, -0.2) is 13.9 Å². The molecule has 0 saturated heterocycles. The van der Waals surface area contributed by atoms with Gasteiger partial charge in [-0.15, -0.1) is 0 Å². The van der Waals surface area contributed by atoms with E-state index in [2.05, 4.69) is 4.31 Å². The Morgan fingerprint density at radius 2 is 1.81 bits per heavy atom. The Bertz CT molecular complexity index is 553. The summed E-state index contributed by atoms with van der Waals surface area (Å²) in [4.78, 5) is 29.5. The van der Waals surface area contributed by atoms with Crippen molar-refractivity contribution in [3.05, 3.63) is 12.2 Å². The number of carbonyl (C=O) groups is 1. The summed E-state index contributed by atoms with van der Waals surface area (Å²) in [6.07, 6.45) is 2.99. The standard InChI is InChI=1S/C14H29NO9P2/c1-6-8-13(23-14(16)9-7-2)12-22-26(20,24-25(17,18)19)21-11-10-15(3,4)5/h7,9,13H,6,8,10-12H2,1-5H3,(H-,17,18,19)/p+1. The number of hydrogen-bond acceptors (Lipinski definition) is 7. The van der Waals surface area contributed by atoms with Gasteiger partial charge in [0.15, 0.2) is 0 Å². The zero-order valence-corrected chi connectivity index (χ0v) is 17.7. The van der Waals surface area contributed by atoms with E-state index < -0.39 is 34.3 Å². The van der Waals surface area contributed by atoms with Gasteiger partial charge in [0, 0.05) is 6.08 Å². The summed E-state index contributed by atoms with van der Waals surface area (Å²) in [7, 11) is -4.09. The van der Waals surface area contributed by atoms with Gasteiger partial charge < -0.3 is 19.0 Å². The number of rotatable bonds is 13. The van der Waals surface area contributed by atoms with Crippen LogP contribution in [0, 0.1) is 0 Å². The van der Waals surface area contributed by atoms with Crippen molar-refractivity contribution in [3.63, 3.8) is 0 Å². The fraction of sp³-hybridized carbons (Fsp3) is 0.786. The highest BCUT2D eigenvalue weighted by Gasteiger charge is 2.37. The van der Waals surface area contributed by atoms with Crippen LogP contribution in [0.25, 0.3) is 0 Å². The molecule has 0 bridgehead atoms. The Labute approximate surface area is 154 Å². The van der Waals surface area contributed by atoms with Gasteiger partial charge in [0.25, 0.3) is 0 Å². The van der Waals surface area contributed by atoms with Gasteiger partial charge in [0.1, 0.15) is 19.3 Å². The fourth-order valence-corrected chi connectivity index (χ4v) is 3.80. The number of phosphoric acid groups is 2. The highest BCUT2D eigenvalue weighted by Crippen LogP contribution is 2.61. The number of ether oxygens (including phenoxy) is 1. The molecule has 0 aromatic rings. The summed E-state index contributed by atoms with van der Waals surface area (Å²) in [6, 6.07) is 0. The van der Waals surface area contributed by atoms with E-state index in [4.69, 9.17) is 23.6 Å². The minimum absolute atomic E-state index is 0.114. The van der Waals surface area contributed by atoms with Crippen LogP contribution in [-0.4, -0.2) is 67.2 Å². The molecular formula is C14H30NO9P2+. The Kier molecular flexibility index (Phi) is 11.1. The first-order valence-corrected chi connectivity index (χ1v) is 11.1. The van der Waals surface area contributed by atoms with Crippen LogP contribution in [0.15, 0.2) is 12.2 Å². The molecule has 0 aromatic heterocycles. The zero-order chi connectivity index (χ0) is 20.4. The van der Waals surface area contributed by atoms with Crippen molar-refractivity contribution >= 4 is 21.6 Å². The molecule has 0 spiro atoms. The van der Waals surface area contributed by atoms with Crippen LogP contribution in [-0.2, 0) is 32.0 Å². The Morgan fingerprint density at radius 3 is 2.27 bits per heavy atom. The van der Waals surface area contributed by atoms with Crippen molar-refractivity contribution in [2.75, 3.05) is 40.9 Å². The second-order valence-electron chi connectivity index (χ2n) is 6.51. The maximum atomic E-state index is 12.5. The summed E-state index contributed by atoms with van der Waals surface area (Å²) < 4.78 is 43.5. The van der Waals surface area contributed by atoms with Crippen molar-refractivity contribution in [1.29, 1.82) is 0 Å². The number of carbonyl (C=O) groups excluding carboxylic acids is 1. The van der Waals surface area contributed by atoms with Crippen LogP contribution in [0.2, 0.25) is 0 Å². The molecule has 0 amide bonds. The predicted molar refractivity (Wildman–Crippen MR) is 95.1 cm³/mol. The molecule has 0 aliphatic heterocycles. The van der Waals surface area contributed by atoms with E-state index >= 15 is 0 Å². The first-order chi connectivity index (χ1) is 11.8. The lowest BCUT2D eigenvalue weighted by atomic mass is 10.2. The quantitative estimate of drug-likeness (QED) is 0.200. The van der Waals surface area contributed by atoms with E-state index in [1.807, 2.05) is 28.1 Å². The Morgan fingerprint density at radius 1 is 1.19 bits per heavy atom. The molecule has 0 aromatic carbocycles. The van der Waals surface area contributed by atoms with E-state index in [0.717, 1.165) is 0 Å². The molecule has 2 unspecified atom stereocenters. The second kappa shape index (κ2) is 11.3. The van der Waals surface area contributed by atoms with Gasteiger partial charge in [-0.3, -0.25) is 9.05 Å². The summed E-state index contributed by atoms with van der Waals surface area (Å²) in [5.74, 6) is -0.605. The van der Waals surface area contributed by atoms with Crippen molar-refractivity contribution in [2.24, 2.45) is 0 Å². The molecule has 10 nitrogen and oxygen atoms in total. The third kappa shape index (κ3) is 13.6. The van der Waals surface area contributed by atoms with Crippen molar-refractivity contribution in [2.45, 2.75) is 32.8 Å². The monoisotopic (exact) mass is 418 g/mol. The van der Waals surface area contributed by atoms with Crippen LogP contribution in [0.5, 0.6) is 0 Å². The summed E-state index contributed by atoms with van der Waals surface area (Å²) in [5.41, 5.74) is 0. The van der Waals surface area contributed by atoms with Gasteiger partial charge in [-0.05, 0) is 13.3 Å². The molecule has 0 rings (SSSR count). The lowest BCUT2D eigenvalue weighted by Crippen LogP contribution is -2.37. The van der Waals surface area contributed by atoms with E-state index in [-0.39, 0.29) is 6.61 Å². The van der Waals surface area contributed by atoms with Crippen LogP contribution >= 0.6 is 15.6 Å². The highest BCUT2D eigenvalue weighted by atomic mass is 31.3. The third-order valence-corrected chi connectivity index (χ3v) is 5.45. The van der Waals surface area contributed by atoms with Gasteiger partial charge in [0.05, 0.1) is 27.7 Å². The molecule has 0 aliphatic rings. The van der Waals surface area contributed by atoms with Crippen molar-refractivity contribution < 1.29 is 46.3 Å². The largest absolute Gasteiger partial charge is 0.484 e. The molecule has 0 radical (unpaired) electrons. The van der Waals surface area contributed by atoms with Crippen LogP contribution in [0.4, 0.5) is 0 Å². The van der Waals surface area contributed by atoms with Gasteiger partial charge in [-0.1, -0.05) is 19.4 Å². The zero-order valence-electron chi connectivity index (χ0n) is 15.9. The smallest absolute Gasteiger partial charge is 0.457 e. The topological polar surface area (TPSA) is 129 Å². The minimum atomic E-state index is -5.12. The molecule has 0 heterocycles. The molecule has 0 saturated carbocycles. The lowest BCUT2D eigenvalue weighted by molar-refractivity contribution is -0.870. The Balaban J connectivity index is 4.98. The molecule has 2 N–H and O–H groups in total. The van der Waals surface area contributed by atoms with Crippen molar-refractivity contribution in [3.8, 4) is 0 Å². The average Bonchev–Trinajstić information content (AvgIpc) is 2.42. The van der Waals surface area contributed by atoms with E-state index in [1.54, 1.807) is 6.92 Å². The van der Waals surface area contributed by atoms with E-state index in [0.29, 0.717) is 23.9 Å². The fourth-order valence-electron chi connectivity index (χ4n) is 1.65. The molecular weight excluding hydrogens is 388 g/mol. The molecule has 12 heteroatoms. The molecule has 2 atom stereocenters. The number of hydrogen-bond donors (Lipinski definition) is 2. The number of esters is 1. The molecule has 0 aliphatic carbocycles. The second-order valence-corrected chi connectivity index (χ2v) is 9.56. The predicted octanol–water partition coefficient (Wildman–Crippen LogP) is 2.23. The lowest BCUT2D eigenvalue weighted by Gasteiger charge is -2.25. The number of quaternary nitrogens is 1. The van der Waals surface area contributed by atoms with E-state index in [9.17, 15) is 13.9 Å². The maximum absolute atomic E-state index is 12.5. The first-order valence-electron chi connectivity index (χ1n) is 8.10. The number of allylic oxidation sites excluding steroid dienone is 1. The molecule has 154 valence electrons. The van der Waals surface area contributed by atoms with Gasteiger partial charge in [-0.2, -0.15) is 4.31 Å². The van der Waals surface area contributed by atoms with Crippen LogP contribution < -0.4 is 0 Å². The molecule has 26 heavy (non-hydrogen) atoms. The van der Waals surface area contributed by atoms with Gasteiger partial charge >= 0.3 is 21.6 Å². The normalized spacial score (nSPS) is 16.4. The first kappa shape index (κ1) is 25.4. The number of likely N-dealkylation sites (N-methyl/N-ethyl adjacent to an activating group) is 1. The number of phosphoric ester groups is 1. The Hall–Kier alpha value is -0.570. The minimum Gasteiger partial charge on any atom is -0.457 e. The van der Waals surface area contributed by atoms with E-state index in [1.165, 1.54) is 12.2 Å². The third-order valence-electron chi connectivity index (χ3n) is 2.83. The van der Waals surface area contributed by atoms with Crippen LogP contribution in [0.3, 0.4) is 0 Å². The van der Waals surface area contributed by atoms with Crippen molar-refractivity contribution in [1.82, 2.24) is 0 Å². The van der Waals surface area contributed by atoms with Crippen LogP contribution in [0.1, 0.15) is 26.7 Å². The molecule has 0 fully saturated rings. The average molecular weight is 418 g/mol. The number of nitrogens with zero attached hydrogens (tertiary/aromatic N) is 1. The van der Waals surface area contributed by atoms with Gasteiger partial charge in [0.2, 0.25) is 0 Å². The summed E-state index contributed by atoms with van der Waals surface area (Å²) in [5, 5.41) is 0. The summed E-state index contributed by atoms with van der Waals surface area (Å²) in [6.45, 7) is 3.39. The highest BCUT2D eigenvalue weighted by molar-refractivity contribution is 7.61. The SMILES string of the molecule is CC=CC(=O)OC(CCC)COP(=O)(OCC[N+](C)(C)C)OP(=O)(O)O. The summed E-state index contributed by atoms with van der Waals surface area (Å²) >= 11 is 0.